The number of aryl methyl sites for hydroxylation is 2. The Balaban J connectivity index is 1.48. The minimum Gasteiger partial charge on any atom is -0.490 e. The Morgan fingerprint density at radius 1 is 0.929 bits per heavy atom. The summed E-state index contributed by atoms with van der Waals surface area (Å²) < 4.78 is 40.0. The molecule has 0 saturated carbocycles. The number of amides is 1. The van der Waals surface area contributed by atoms with Gasteiger partial charge in [-0.1, -0.05) is 59.6 Å². The van der Waals surface area contributed by atoms with E-state index >= 15 is 0 Å². The number of anilines is 1. The van der Waals surface area contributed by atoms with E-state index in [0.29, 0.717) is 46.5 Å². The standard InChI is InChI=1S/C32H32ClN3O5S/c1-4-40-31-19-25(14-17-30(31)41-22-26-9-7-10-27(33)18-26)20-34-35-32(37)21-36(29-11-6-5-8-24(29)3)42(38,39)28-15-12-23(2)13-16-28/h5-20H,4,21-22H2,1-3H3,(H,35,37)/b34-20-. The van der Waals surface area contributed by atoms with Crippen molar-refractivity contribution in [3.8, 4) is 11.5 Å². The van der Waals surface area contributed by atoms with Crippen LogP contribution < -0.4 is 19.2 Å². The molecule has 0 spiro atoms. The topological polar surface area (TPSA) is 97.3 Å². The molecule has 0 atom stereocenters. The number of rotatable bonds is 12. The summed E-state index contributed by atoms with van der Waals surface area (Å²) in [5.74, 6) is 0.467. The molecule has 0 unspecified atom stereocenters. The van der Waals surface area contributed by atoms with Crippen LogP contribution >= 0.6 is 11.6 Å². The Bertz CT molecular complexity index is 1670. The van der Waals surface area contributed by atoms with Crippen molar-refractivity contribution in [2.45, 2.75) is 32.3 Å². The average molecular weight is 606 g/mol. The highest BCUT2D eigenvalue weighted by Gasteiger charge is 2.28. The normalized spacial score (nSPS) is 11.3. The van der Waals surface area contributed by atoms with E-state index in [0.717, 1.165) is 15.4 Å². The number of hydrazone groups is 1. The van der Waals surface area contributed by atoms with Gasteiger partial charge in [-0.15, -0.1) is 0 Å². The van der Waals surface area contributed by atoms with Crippen molar-refractivity contribution in [2.75, 3.05) is 17.5 Å². The lowest BCUT2D eigenvalue weighted by Gasteiger charge is -2.25. The van der Waals surface area contributed by atoms with Crippen LogP contribution in [0.4, 0.5) is 5.69 Å². The first-order chi connectivity index (χ1) is 20.2. The predicted octanol–water partition coefficient (Wildman–Crippen LogP) is 6.28. The molecule has 42 heavy (non-hydrogen) atoms. The van der Waals surface area contributed by atoms with E-state index in [1.807, 2.05) is 38.1 Å². The van der Waals surface area contributed by atoms with E-state index in [1.165, 1.54) is 18.3 Å². The molecule has 10 heteroatoms. The smallest absolute Gasteiger partial charge is 0.264 e. The number of benzene rings is 4. The fraction of sp³-hybridized carbons (Fsp3) is 0.188. The number of ether oxygens (including phenoxy) is 2. The Morgan fingerprint density at radius 3 is 2.40 bits per heavy atom. The predicted molar refractivity (Wildman–Crippen MR) is 166 cm³/mol. The number of carbonyl (C=O) groups is 1. The second kappa shape index (κ2) is 14.0. The van der Waals surface area contributed by atoms with Crippen molar-refractivity contribution >= 4 is 39.4 Å². The van der Waals surface area contributed by atoms with E-state index < -0.39 is 22.5 Å². The van der Waals surface area contributed by atoms with Crippen molar-refractivity contribution in [3.05, 3.63) is 118 Å². The van der Waals surface area contributed by atoms with Crippen molar-refractivity contribution in [1.29, 1.82) is 0 Å². The Morgan fingerprint density at radius 2 is 1.69 bits per heavy atom. The summed E-state index contributed by atoms with van der Waals surface area (Å²) in [5, 5.41) is 4.68. The molecule has 0 saturated heterocycles. The Labute approximate surface area is 251 Å². The van der Waals surface area contributed by atoms with Crippen LogP contribution in [0.15, 0.2) is 101 Å². The van der Waals surface area contributed by atoms with Gasteiger partial charge >= 0.3 is 0 Å². The van der Waals surface area contributed by atoms with Gasteiger partial charge in [-0.3, -0.25) is 9.10 Å². The lowest BCUT2D eigenvalue weighted by atomic mass is 10.2. The number of hydrogen-bond donors (Lipinski definition) is 1. The first kappa shape index (κ1) is 30.6. The molecule has 0 aliphatic carbocycles. The maximum atomic E-state index is 13.6. The van der Waals surface area contributed by atoms with Crippen LogP contribution in [0.5, 0.6) is 11.5 Å². The van der Waals surface area contributed by atoms with Crippen LogP contribution in [0, 0.1) is 13.8 Å². The van der Waals surface area contributed by atoms with Crippen LogP contribution in [0.1, 0.15) is 29.2 Å². The number of nitrogens with zero attached hydrogens (tertiary/aromatic N) is 2. The minimum atomic E-state index is -4.03. The molecule has 0 radical (unpaired) electrons. The minimum absolute atomic E-state index is 0.0915. The van der Waals surface area contributed by atoms with E-state index in [2.05, 4.69) is 10.5 Å². The number of para-hydroxylation sites is 1. The van der Waals surface area contributed by atoms with Crippen molar-refractivity contribution < 1.29 is 22.7 Å². The molecule has 4 aromatic rings. The monoisotopic (exact) mass is 605 g/mol. The summed E-state index contributed by atoms with van der Waals surface area (Å²) in [6, 6.07) is 26.2. The zero-order chi connectivity index (χ0) is 30.1. The van der Waals surface area contributed by atoms with Crippen LogP contribution in [-0.4, -0.2) is 33.7 Å². The number of hydrogen-bond acceptors (Lipinski definition) is 6. The summed E-state index contributed by atoms with van der Waals surface area (Å²) in [7, 11) is -4.03. The lowest BCUT2D eigenvalue weighted by Crippen LogP contribution is -2.40. The fourth-order valence-electron chi connectivity index (χ4n) is 4.11. The molecule has 0 fully saturated rings. The highest BCUT2D eigenvalue weighted by molar-refractivity contribution is 7.92. The highest BCUT2D eigenvalue weighted by atomic mass is 35.5. The zero-order valence-electron chi connectivity index (χ0n) is 23.6. The second-order valence-corrected chi connectivity index (χ2v) is 11.8. The first-order valence-corrected chi connectivity index (χ1v) is 15.1. The number of nitrogens with one attached hydrogen (secondary N) is 1. The quantitative estimate of drug-likeness (QED) is 0.151. The molecule has 0 aliphatic heterocycles. The van der Waals surface area contributed by atoms with Crippen molar-refractivity contribution in [2.24, 2.45) is 5.10 Å². The third-order valence-corrected chi connectivity index (χ3v) is 8.24. The summed E-state index contributed by atoms with van der Waals surface area (Å²) in [6.45, 7) is 5.81. The molecule has 8 nitrogen and oxygen atoms in total. The molecule has 4 aromatic carbocycles. The van der Waals surface area contributed by atoms with Crippen molar-refractivity contribution in [1.82, 2.24) is 5.43 Å². The number of halogens is 1. The molecule has 4 rings (SSSR count). The van der Waals surface area contributed by atoms with Gasteiger partial charge in [0.15, 0.2) is 11.5 Å². The largest absolute Gasteiger partial charge is 0.490 e. The first-order valence-electron chi connectivity index (χ1n) is 13.3. The van der Waals surface area contributed by atoms with Gasteiger partial charge in [0.1, 0.15) is 13.2 Å². The third kappa shape index (κ3) is 7.90. The van der Waals surface area contributed by atoms with Gasteiger partial charge in [-0.2, -0.15) is 5.10 Å². The zero-order valence-corrected chi connectivity index (χ0v) is 25.2. The van der Waals surface area contributed by atoms with Crippen LogP contribution in [0.25, 0.3) is 0 Å². The van der Waals surface area contributed by atoms with Gasteiger partial charge in [-0.25, -0.2) is 13.8 Å². The molecular weight excluding hydrogens is 574 g/mol. The van der Waals surface area contributed by atoms with E-state index in [4.69, 9.17) is 21.1 Å². The summed E-state index contributed by atoms with van der Waals surface area (Å²) >= 11 is 6.06. The third-order valence-electron chi connectivity index (χ3n) is 6.23. The van der Waals surface area contributed by atoms with Crippen molar-refractivity contribution in [3.63, 3.8) is 0 Å². The number of carbonyl (C=O) groups excluding carboxylic acids is 1. The second-order valence-electron chi connectivity index (χ2n) is 9.46. The molecule has 1 N–H and O–H groups in total. The van der Waals surface area contributed by atoms with Crippen LogP contribution in [-0.2, 0) is 21.4 Å². The average Bonchev–Trinajstić information content (AvgIpc) is 2.96. The maximum Gasteiger partial charge on any atom is 0.264 e. The SMILES string of the molecule is CCOc1cc(/C=N\NC(=O)CN(c2ccccc2C)S(=O)(=O)c2ccc(C)cc2)ccc1OCc1cccc(Cl)c1. The molecule has 0 heterocycles. The summed E-state index contributed by atoms with van der Waals surface area (Å²) in [5.41, 5.74) is 6.06. The lowest BCUT2D eigenvalue weighted by molar-refractivity contribution is -0.119. The van der Waals surface area contributed by atoms with E-state index in [-0.39, 0.29) is 4.90 Å². The molecule has 0 aromatic heterocycles. The van der Waals surface area contributed by atoms with Gasteiger partial charge in [0.2, 0.25) is 0 Å². The summed E-state index contributed by atoms with van der Waals surface area (Å²) in [4.78, 5) is 13.0. The van der Waals surface area contributed by atoms with E-state index in [1.54, 1.807) is 61.5 Å². The van der Waals surface area contributed by atoms with Gasteiger partial charge in [0.25, 0.3) is 15.9 Å². The molecular formula is C32H32ClN3O5S. The van der Waals surface area contributed by atoms with Gasteiger partial charge in [-0.05, 0) is 86.0 Å². The van der Waals surface area contributed by atoms with Crippen LogP contribution in [0.3, 0.4) is 0 Å². The molecule has 0 bridgehead atoms. The Kier molecular flexibility index (Phi) is 10.2. The molecule has 1 amide bonds. The van der Waals surface area contributed by atoms with E-state index in [9.17, 15) is 13.2 Å². The fourth-order valence-corrected chi connectivity index (χ4v) is 5.80. The molecule has 218 valence electrons. The van der Waals surface area contributed by atoms with Gasteiger partial charge in [0, 0.05) is 5.02 Å². The Hall–Kier alpha value is -4.34. The maximum absolute atomic E-state index is 13.6. The van der Waals surface area contributed by atoms with Gasteiger partial charge < -0.3 is 9.47 Å². The highest BCUT2D eigenvalue weighted by Crippen LogP contribution is 2.29. The molecule has 0 aliphatic rings. The summed E-state index contributed by atoms with van der Waals surface area (Å²) in [6.07, 6.45) is 1.45. The van der Waals surface area contributed by atoms with Crippen LogP contribution in [0.2, 0.25) is 5.02 Å². The number of sulfonamides is 1. The van der Waals surface area contributed by atoms with Gasteiger partial charge in [0.05, 0.1) is 23.4 Å².